The first-order valence-corrected chi connectivity index (χ1v) is 6.86. The highest BCUT2D eigenvalue weighted by molar-refractivity contribution is 6.09. The van der Waals surface area contributed by atoms with E-state index in [1.54, 1.807) is 42.5 Å². The number of nitrogens with one attached hydrogen (secondary N) is 1. The van der Waals surface area contributed by atoms with Gasteiger partial charge < -0.3 is 10.2 Å². The van der Waals surface area contributed by atoms with Gasteiger partial charge in [0.15, 0.2) is 11.2 Å². The third-order valence-electron chi connectivity index (χ3n) is 4.34. The van der Waals surface area contributed by atoms with Gasteiger partial charge in [0.2, 0.25) is 0 Å². The highest BCUT2D eigenvalue weighted by atomic mass is 16.1. The number of carbonyl (C=O) groups excluding carboxylic acids is 2. The SMILES string of the molecule is N#CC1(C#N)CC(C=O)C(=N)[C@@]1(C#N)CC(=O)c1ccccc1. The van der Waals surface area contributed by atoms with E-state index in [4.69, 9.17) is 5.41 Å². The van der Waals surface area contributed by atoms with Crippen LogP contribution in [0, 0.1) is 56.2 Å². The first-order valence-electron chi connectivity index (χ1n) is 6.86. The van der Waals surface area contributed by atoms with Crippen molar-refractivity contribution in [1.82, 2.24) is 0 Å². The van der Waals surface area contributed by atoms with Crippen LogP contribution in [-0.4, -0.2) is 17.8 Å². The summed E-state index contributed by atoms with van der Waals surface area (Å²) >= 11 is 0. The van der Waals surface area contributed by atoms with E-state index in [0.29, 0.717) is 11.8 Å². The molecule has 0 amide bonds. The monoisotopic (exact) mass is 304 g/mol. The fourth-order valence-corrected chi connectivity index (χ4v) is 2.98. The van der Waals surface area contributed by atoms with E-state index >= 15 is 0 Å². The summed E-state index contributed by atoms with van der Waals surface area (Å²) in [4.78, 5) is 23.6. The Kier molecular flexibility index (Phi) is 4.08. The largest absolute Gasteiger partial charge is 0.307 e. The van der Waals surface area contributed by atoms with Gasteiger partial charge in [0.25, 0.3) is 0 Å². The van der Waals surface area contributed by atoms with Crippen molar-refractivity contribution in [3.05, 3.63) is 35.9 Å². The van der Waals surface area contributed by atoms with Crippen LogP contribution in [0.25, 0.3) is 0 Å². The number of benzene rings is 1. The molecule has 0 aromatic heterocycles. The molecular weight excluding hydrogens is 292 g/mol. The molecule has 6 nitrogen and oxygen atoms in total. The Bertz CT molecular complexity index is 781. The van der Waals surface area contributed by atoms with Crippen molar-refractivity contribution in [2.45, 2.75) is 12.8 Å². The molecule has 0 radical (unpaired) electrons. The van der Waals surface area contributed by atoms with Gasteiger partial charge in [-0.05, 0) is 6.42 Å². The Balaban J connectivity index is 2.54. The number of ketones is 1. The number of hydrogen-bond acceptors (Lipinski definition) is 6. The predicted octanol–water partition coefficient (Wildman–Crippen LogP) is 2.04. The van der Waals surface area contributed by atoms with Crippen LogP contribution in [0.5, 0.6) is 0 Å². The van der Waals surface area contributed by atoms with Crippen molar-refractivity contribution < 1.29 is 9.59 Å². The summed E-state index contributed by atoms with van der Waals surface area (Å²) < 4.78 is 0. The van der Waals surface area contributed by atoms with Crippen LogP contribution in [0.4, 0.5) is 0 Å². The number of rotatable bonds is 4. The molecule has 112 valence electrons. The zero-order valence-electron chi connectivity index (χ0n) is 12.1. The van der Waals surface area contributed by atoms with Gasteiger partial charge in [-0.2, -0.15) is 15.8 Å². The molecule has 0 bridgehead atoms. The molecule has 1 aromatic rings. The third-order valence-corrected chi connectivity index (χ3v) is 4.34. The van der Waals surface area contributed by atoms with Gasteiger partial charge in [0, 0.05) is 17.7 Å². The second-order valence-electron chi connectivity index (χ2n) is 5.47. The topological polar surface area (TPSA) is 129 Å². The highest BCUT2D eigenvalue weighted by Gasteiger charge is 2.65. The maximum atomic E-state index is 12.5. The maximum absolute atomic E-state index is 12.5. The number of carbonyl (C=O) groups is 2. The fraction of sp³-hybridized carbons (Fsp3) is 0.294. The molecular formula is C17H12N4O2. The summed E-state index contributed by atoms with van der Waals surface area (Å²) in [7, 11) is 0. The molecule has 1 saturated carbocycles. The van der Waals surface area contributed by atoms with E-state index in [1.807, 2.05) is 6.07 Å². The summed E-state index contributed by atoms with van der Waals surface area (Å²) in [5.74, 6) is -1.45. The molecule has 0 spiro atoms. The molecule has 1 aliphatic rings. The first kappa shape index (κ1) is 16.1. The first-order chi connectivity index (χ1) is 11.0. The fourth-order valence-electron chi connectivity index (χ4n) is 2.98. The zero-order valence-corrected chi connectivity index (χ0v) is 12.1. The molecule has 0 aliphatic heterocycles. The maximum Gasteiger partial charge on any atom is 0.169 e. The van der Waals surface area contributed by atoms with Crippen molar-refractivity contribution in [1.29, 1.82) is 21.2 Å². The standard InChI is InChI=1S/C17H12N4O2/c18-9-16(10-19)6-13(8-22)15(21)17(16,11-20)7-14(23)12-4-2-1-3-5-12/h1-5,8,13,21H,6-7H2/t13?,17-/m0/s1. The second kappa shape index (κ2) is 5.83. The molecule has 1 aromatic carbocycles. The third kappa shape index (κ3) is 2.20. The summed E-state index contributed by atoms with van der Waals surface area (Å²) in [6.45, 7) is 0. The van der Waals surface area contributed by atoms with Gasteiger partial charge >= 0.3 is 0 Å². The quantitative estimate of drug-likeness (QED) is 0.672. The summed E-state index contributed by atoms with van der Waals surface area (Å²) in [5, 5.41) is 36.7. The van der Waals surface area contributed by atoms with Gasteiger partial charge in [-0.3, -0.25) is 4.79 Å². The number of aldehydes is 1. The zero-order chi connectivity index (χ0) is 17.1. The average molecular weight is 304 g/mol. The minimum Gasteiger partial charge on any atom is -0.307 e. The number of hydrogen-bond donors (Lipinski definition) is 1. The summed E-state index contributed by atoms with van der Waals surface area (Å²) in [5.41, 5.74) is -3.79. The molecule has 1 aliphatic carbocycles. The lowest BCUT2D eigenvalue weighted by Gasteiger charge is -2.29. The van der Waals surface area contributed by atoms with E-state index < -0.39 is 29.0 Å². The van der Waals surface area contributed by atoms with Crippen LogP contribution >= 0.6 is 0 Å². The van der Waals surface area contributed by atoms with Gasteiger partial charge in [-0.1, -0.05) is 30.3 Å². The average Bonchev–Trinajstić information content (AvgIpc) is 2.84. The second-order valence-corrected chi connectivity index (χ2v) is 5.47. The van der Waals surface area contributed by atoms with Crippen LogP contribution in [0.1, 0.15) is 23.2 Å². The lowest BCUT2D eigenvalue weighted by atomic mass is 9.64. The molecule has 0 heterocycles. The van der Waals surface area contributed by atoms with Gasteiger partial charge in [0.1, 0.15) is 11.7 Å². The van der Waals surface area contributed by atoms with Crippen molar-refractivity contribution >= 4 is 17.8 Å². The smallest absolute Gasteiger partial charge is 0.169 e. The van der Waals surface area contributed by atoms with Crippen LogP contribution in [0.3, 0.4) is 0 Å². The number of nitriles is 3. The highest BCUT2D eigenvalue weighted by Crippen LogP contribution is 2.54. The van der Waals surface area contributed by atoms with Crippen LogP contribution in [-0.2, 0) is 4.79 Å². The Hall–Kier alpha value is -3.30. The molecule has 23 heavy (non-hydrogen) atoms. The Morgan fingerprint density at radius 2 is 1.83 bits per heavy atom. The molecule has 1 fully saturated rings. The lowest BCUT2D eigenvalue weighted by Crippen LogP contribution is -2.41. The normalized spacial score (nSPS) is 24.9. The lowest BCUT2D eigenvalue weighted by molar-refractivity contribution is -0.109. The summed E-state index contributed by atoms with van der Waals surface area (Å²) in [6, 6.07) is 13.6. The molecule has 2 rings (SSSR count). The van der Waals surface area contributed by atoms with Crippen molar-refractivity contribution in [3.63, 3.8) is 0 Å². The van der Waals surface area contributed by atoms with E-state index in [-0.39, 0.29) is 12.1 Å². The minimum absolute atomic E-state index is 0.238. The Labute approximate surface area is 133 Å². The van der Waals surface area contributed by atoms with E-state index in [2.05, 4.69) is 0 Å². The number of Topliss-reactive ketones (excluding diaryl/α,β-unsaturated/α-hetero) is 1. The number of nitrogens with zero attached hydrogens (tertiary/aromatic N) is 3. The summed E-state index contributed by atoms with van der Waals surface area (Å²) in [6.07, 6.45) is -0.256. The molecule has 0 saturated heterocycles. The molecule has 2 atom stereocenters. The van der Waals surface area contributed by atoms with E-state index in [0.717, 1.165) is 0 Å². The minimum atomic E-state index is -1.91. The Morgan fingerprint density at radius 1 is 1.22 bits per heavy atom. The predicted molar refractivity (Wildman–Crippen MR) is 79.0 cm³/mol. The molecule has 6 heteroatoms. The molecule has 1 N–H and O–H groups in total. The Morgan fingerprint density at radius 3 is 2.30 bits per heavy atom. The van der Waals surface area contributed by atoms with E-state index in [1.165, 1.54) is 0 Å². The van der Waals surface area contributed by atoms with Gasteiger partial charge in [0.05, 0.1) is 24.1 Å². The van der Waals surface area contributed by atoms with Crippen molar-refractivity contribution in [3.8, 4) is 18.2 Å². The van der Waals surface area contributed by atoms with Crippen molar-refractivity contribution in [2.24, 2.45) is 16.7 Å². The van der Waals surface area contributed by atoms with Crippen LogP contribution < -0.4 is 0 Å². The van der Waals surface area contributed by atoms with E-state index in [9.17, 15) is 25.4 Å². The van der Waals surface area contributed by atoms with Gasteiger partial charge in [-0.15, -0.1) is 0 Å². The van der Waals surface area contributed by atoms with Crippen LogP contribution in [0.15, 0.2) is 30.3 Å². The molecule has 1 unspecified atom stereocenters. The van der Waals surface area contributed by atoms with Gasteiger partial charge in [-0.25, -0.2) is 0 Å². The van der Waals surface area contributed by atoms with Crippen molar-refractivity contribution in [2.75, 3.05) is 0 Å². The van der Waals surface area contributed by atoms with Crippen LogP contribution in [0.2, 0.25) is 0 Å².